The first-order valence-electron chi connectivity index (χ1n) is 9.70. The van der Waals surface area contributed by atoms with Gasteiger partial charge < -0.3 is 9.73 Å². The summed E-state index contributed by atoms with van der Waals surface area (Å²) < 4.78 is 5.43. The molecule has 1 aliphatic heterocycles. The van der Waals surface area contributed by atoms with Crippen LogP contribution in [0.2, 0.25) is 0 Å². The first kappa shape index (κ1) is 20.5. The number of anilines is 2. The van der Waals surface area contributed by atoms with Gasteiger partial charge in [0.15, 0.2) is 0 Å². The average molecular weight is 430 g/mol. The highest BCUT2D eigenvalue weighted by molar-refractivity contribution is 8.03. The molecule has 4 rings (SSSR count). The second-order valence-corrected chi connectivity index (χ2v) is 7.85. The van der Waals surface area contributed by atoms with E-state index in [2.05, 4.69) is 11.4 Å². The van der Waals surface area contributed by atoms with Crippen molar-refractivity contribution in [3.8, 4) is 6.07 Å². The molecule has 0 radical (unpaired) electrons. The minimum Gasteiger partial charge on any atom is -0.469 e. The molecule has 6 nitrogen and oxygen atoms in total. The van der Waals surface area contributed by atoms with E-state index in [0.29, 0.717) is 16.4 Å². The predicted molar refractivity (Wildman–Crippen MR) is 119 cm³/mol. The number of hydrogen-bond acceptors (Lipinski definition) is 5. The lowest BCUT2D eigenvalue weighted by atomic mass is 9.92. The number of nitriles is 1. The maximum Gasteiger partial charge on any atom is 0.241 e. The number of thioether (sulfide) groups is 1. The number of furan rings is 1. The van der Waals surface area contributed by atoms with E-state index in [1.807, 2.05) is 60.7 Å². The lowest BCUT2D eigenvalue weighted by Gasteiger charge is -2.25. The van der Waals surface area contributed by atoms with Crippen molar-refractivity contribution in [2.24, 2.45) is 0 Å². The molecule has 0 unspecified atom stereocenters. The van der Waals surface area contributed by atoms with E-state index in [9.17, 15) is 14.9 Å². The van der Waals surface area contributed by atoms with E-state index in [1.165, 1.54) is 6.26 Å². The normalized spacial score (nSPS) is 15.8. The summed E-state index contributed by atoms with van der Waals surface area (Å²) >= 11 is 1.15. The topological polar surface area (TPSA) is 86.3 Å². The summed E-state index contributed by atoms with van der Waals surface area (Å²) in [5.74, 6) is -0.216. The van der Waals surface area contributed by atoms with Gasteiger partial charge in [-0.25, -0.2) is 0 Å². The number of hydrogen-bond donors (Lipinski definition) is 1. The van der Waals surface area contributed by atoms with E-state index < -0.39 is 5.92 Å². The van der Waals surface area contributed by atoms with Crippen LogP contribution in [-0.4, -0.2) is 17.6 Å². The fourth-order valence-corrected chi connectivity index (χ4v) is 4.38. The van der Waals surface area contributed by atoms with E-state index in [0.717, 1.165) is 23.1 Å². The number of carbonyl (C=O) groups is 2. The lowest BCUT2D eigenvalue weighted by Crippen LogP contribution is -2.32. The number of para-hydroxylation sites is 2. The van der Waals surface area contributed by atoms with Crippen molar-refractivity contribution in [2.75, 3.05) is 10.7 Å². The Morgan fingerprint density at radius 1 is 1.06 bits per heavy atom. The maximum atomic E-state index is 13.2. The number of rotatable bonds is 6. The van der Waals surface area contributed by atoms with Crippen LogP contribution in [0, 0.1) is 11.3 Å². The molecule has 1 N–H and O–H groups in total. The zero-order valence-corrected chi connectivity index (χ0v) is 17.3. The van der Waals surface area contributed by atoms with Crippen molar-refractivity contribution >= 4 is 35.0 Å². The summed E-state index contributed by atoms with van der Waals surface area (Å²) in [5.41, 5.74) is 1.89. The van der Waals surface area contributed by atoms with Gasteiger partial charge in [0.05, 0.1) is 34.6 Å². The SMILES string of the molecule is N#CC1=C(SCC(=O)N(c2ccccc2)c2ccccc2)NC(=O)C[C@H]1c1ccco1. The molecule has 0 saturated heterocycles. The summed E-state index contributed by atoms with van der Waals surface area (Å²) in [4.78, 5) is 27.1. The predicted octanol–water partition coefficient (Wildman–Crippen LogP) is 4.72. The molecule has 0 saturated carbocycles. The third-order valence-corrected chi connectivity index (χ3v) is 5.86. The maximum absolute atomic E-state index is 13.2. The Bertz CT molecular complexity index is 1100. The Balaban J connectivity index is 1.59. The molecule has 154 valence electrons. The molecule has 0 spiro atoms. The van der Waals surface area contributed by atoms with E-state index in [-0.39, 0.29) is 24.0 Å². The van der Waals surface area contributed by atoms with E-state index in [4.69, 9.17) is 4.42 Å². The highest BCUT2D eigenvalue weighted by atomic mass is 32.2. The van der Waals surface area contributed by atoms with Gasteiger partial charge in [0, 0.05) is 17.8 Å². The van der Waals surface area contributed by atoms with E-state index >= 15 is 0 Å². The summed E-state index contributed by atoms with van der Waals surface area (Å²) in [7, 11) is 0. The molecule has 2 heterocycles. The Hall–Kier alpha value is -3.76. The number of benzene rings is 2. The van der Waals surface area contributed by atoms with Crippen LogP contribution in [0.4, 0.5) is 11.4 Å². The van der Waals surface area contributed by atoms with Crippen LogP contribution in [0.3, 0.4) is 0 Å². The molecular weight excluding hydrogens is 410 g/mol. The summed E-state index contributed by atoms with van der Waals surface area (Å²) in [6.45, 7) is 0. The standard InChI is InChI=1S/C24H19N3O3S/c25-15-20-19(21-12-7-13-30-21)14-22(28)26-24(20)31-16-23(29)27(17-8-3-1-4-9-17)18-10-5-2-6-11-18/h1-13,19H,14,16H2,(H,26,28)/t19-/m1/s1. The number of nitrogens with one attached hydrogen (secondary N) is 1. The van der Waals surface area contributed by atoms with Crippen LogP contribution >= 0.6 is 11.8 Å². The fraction of sp³-hybridized carbons (Fsp3) is 0.125. The Labute approximate surface area is 184 Å². The molecule has 0 fully saturated rings. The molecule has 0 bridgehead atoms. The zero-order chi connectivity index (χ0) is 21.6. The second kappa shape index (κ2) is 9.37. The number of nitrogens with zero attached hydrogens (tertiary/aromatic N) is 2. The quantitative estimate of drug-likeness (QED) is 0.613. The van der Waals surface area contributed by atoms with Crippen molar-refractivity contribution in [2.45, 2.75) is 12.3 Å². The van der Waals surface area contributed by atoms with Crippen molar-refractivity contribution in [1.29, 1.82) is 5.26 Å². The summed E-state index contributed by atoms with van der Waals surface area (Å²) in [6.07, 6.45) is 1.65. The van der Waals surface area contributed by atoms with Crippen molar-refractivity contribution in [3.63, 3.8) is 0 Å². The number of amides is 2. The molecule has 1 atom stereocenters. The van der Waals surface area contributed by atoms with Gasteiger partial charge in [-0.05, 0) is 36.4 Å². The van der Waals surface area contributed by atoms with Crippen molar-refractivity contribution in [1.82, 2.24) is 5.32 Å². The Kier molecular flexibility index (Phi) is 6.20. The molecule has 1 aliphatic rings. The van der Waals surface area contributed by atoms with Crippen LogP contribution in [0.5, 0.6) is 0 Å². The van der Waals surface area contributed by atoms with Gasteiger partial charge in [-0.3, -0.25) is 14.5 Å². The first-order valence-corrected chi connectivity index (χ1v) is 10.7. The van der Waals surface area contributed by atoms with Crippen LogP contribution in [0.25, 0.3) is 0 Å². The minimum atomic E-state index is -0.453. The van der Waals surface area contributed by atoms with Crippen molar-refractivity contribution in [3.05, 3.63) is 95.4 Å². The van der Waals surface area contributed by atoms with Crippen molar-refractivity contribution < 1.29 is 14.0 Å². The summed E-state index contributed by atoms with van der Waals surface area (Å²) in [6, 6.07) is 24.4. The van der Waals surface area contributed by atoms with Gasteiger partial charge in [0.25, 0.3) is 0 Å². The third-order valence-electron chi connectivity index (χ3n) is 4.86. The number of allylic oxidation sites excluding steroid dienone is 1. The number of carbonyl (C=O) groups excluding carboxylic acids is 2. The molecule has 2 aromatic carbocycles. The molecule has 2 amide bonds. The first-order chi connectivity index (χ1) is 15.2. The molecule has 0 aliphatic carbocycles. The van der Waals surface area contributed by atoms with Crippen LogP contribution in [0.1, 0.15) is 18.1 Å². The highest BCUT2D eigenvalue weighted by Crippen LogP contribution is 2.36. The zero-order valence-electron chi connectivity index (χ0n) is 16.5. The fourth-order valence-electron chi connectivity index (χ4n) is 3.46. The van der Waals surface area contributed by atoms with Crippen LogP contribution in [0.15, 0.2) is 94.1 Å². The minimum absolute atomic E-state index is 0.0510. The Morgan fingerprint density at radius 2 is 1.71 bits per heavy atom. The van der Waals surface area contributed by atoms with Gasteiger partial charge >= 0.3 is 0 Å². The average Bonchev–Trinajstić information content (AvgIpc) is 3.34. The van der Waals surface area contributed by atoms with E-state index in [1.54, 1.807) is 17.0 Å². The highest BCUT2D eigenvalue weighted by Gasteiger charge is 2.32. The molecule has 1 aromatic heterocycles. The Morgan fingerprint density at radius 3 is 2.26 bits per heavy atom. The van der Waals surface area contributed by atoms with Gasteiger partial charge in [-0.2, -0.15) is 5.26 Å². The smallest absolute Gasteiger partial charge is 0.241 e. The second-order valence-electron chi connectivity index (χ2n) is 6.86. The van der Waals surface area contributed by atoms with Gasteiger partial charge in [0.2, 0.25) is 11.8 Å². The largest absolute Gasteiger partial charge is 0.469 e. The lowest BCUT2D eigenvalue weighted by molar-refractivity contribution is -0.121. The van der Waals surface area contributed by atoms with Crippen LogP contribution in [-0.2, 0) is 9.59 Å². The monoisotopic (exact) mass is 429 g/mol. The molecule has 3 aromatic rings. The van der Waals surface area contributed by atoms with Gasteiger partial charge in [-0.1, -0.05) is 48.2 Å². The van der Waals surface area contributed by atoms with Crippen LogP contribution < -0.4 is 10.2 Å². The summed E-state index contributed by atoms with van der Waals surface area (Å²) in [5, 5.41) is 12.9. The van der Waals surface area contributed by atoms with Gasteiger partial charge in [0.1, 0.15) is 5.76 Å². The molecule has 31 heavy (non-hydrogen) atoms. The molecular formula is C24H19N3O3S. The third kappa shape index (κ3) is 4.55. The van der Waals surface area contributed by atoms with Gasteiger partial charge in [-0.15, -0.1) is 0 Å². The molecule has 7 heteroatoms.